The molecule has 0 unspecified atom stereocenters. The first-order chi connectivity index (χ1) is 8.84. The second-order valence-electron chi connectivity index (χ2n) is 4.28. The Kier molecular flexibility index (Phi) is 5.30. The lowest BCUT2D eigenvalue weighted by molar-refractivity contribution is -0.153. The van der Waals surface area contributed by atoms with E-state index in [2.05, 4.69) is 22.5 Å². The van der Waals surface area contributed by atoms with Crippen LogP contribution in [0.4, 0.5) is 0 Å². The van der Waals surface area contributed by atoms with Crippen LogP contribution in [-0.4, -0.2) is 23.1 Å². The molecule has 0 spiro atoms. The zero-order valence-corrected chi connectivity index (χ0v) is 12.4. The summed E-state index contributed by atoms with van der Waals surface area (Å²) in [5.41, 5.74) is 1.30. The van der Waals surface area contributed by atoms with Crippen molar-refractivity contribution in [3.8, 4) is 0 Å². The zero-order chi connectivity index (χ0) is 14.5. The molecule has 0 aliphatic heterocycles. The van der Waals surface area contributed by atoms with Gasteiger partial charge in [0, 0.05) is 0 Å². The van der Waals surface area contributed by atoms with Gasteiger partial charge in [-0.1, -0.05) is 40.7 Å². The van der Waals surface area contributed by atoms with Gasteiger partial charge < -0.3 is 9.47 Å². The van der Waals surface area contributed by atoms with E-state index < -0.39 is 23.1 Å². The van der Waals surface area contributed by atoms with Crippen molar-refractivity contribution < 1.29 is 19.1 Å². The quantitative estimate of drug-likeness (QED) is 0.474. The van der Waals surface area contributed by atoms with Crippen LogP contribution in [-0.2, 0) is 14.3 Å². The van der Waals surface area contributed by atoms with Gasteiger partial charge in [0.05, 0.1) is 5.56 Å². The molecule has 0 atom stereocenters. The average Bonchev–Trinajstić information content (AvgIpc) is 2.37. The van der Waals surface area contributed by atoms with E-state index in [0.29, 0.717) is 5.56 Å². The summed E-state index contributed by atoms with van der Waals surface area (Å²) in [6.07, 6.45) is 1.68. The molecule has 0 heterocycles. The highest BCUT2D eigenvalue weighted by Gasteiger charge is 2.25. The number of esters is 2. The van der Waals surface area contributed by atoms with Crippen LogP contribution in [0.25, 0.3) is 6.08 Å². The fourth-order valence-electron chi connectivity index (χ4n) is 1.15. The summed E-state index contributed by atoms with van der Waals surface area (Å²) in [7, 11) is 0. The van der Waals surface area contributed by atoms with Crippen LogP contribution in [0.5, 0.6) is 0 Å². The monoisotopic (exact) mass is 326 g/mol. The molecule has 0 N–H and O–H groups in total. The Morgan fingerprint density at radius 2 is 1.84 bits per heavy atom. The molecule has 19 heavy (non-hydrogen) atoms. The maximum atomic E-state index is 11.6. The normalized spacial score (nSPS) is 10.7. The number of rotatable bonds is 5. The summed E-state index contributed by atoms with van der Waals surface area (Å²) >= 11 is 3.15. The molecule has 0 aliphatic rings. The highest BCUT2D eigenvalue weighted by molar-refractivity contribution is 9.10. The molecule has 0 aromatic heterocycles. The van der Waals surface area contributed by atoms with Crippen molar-refractivity contribution in [3.05, 3.63) is 42.0 Å². The van der Waals surface area contributed by atoms with E-state index in [9.17, 15) is 9.59 Å². The van der Waals surface area contributed by atoms with Gasteiger partial charge in [0.15, 0.2) is 0 Å². The Labute approximate surface area is 120 Å². The van der Waals surface area contributed by atoms with Crippen molar-refractivity contribution in [2.75, 3.05) is 6.79 Å². The van der Waals surface area contributed by atoms with Gasteiger partial charge in [0.1, 0.15) is 4.32 Å². The molecule has 0 aliphatic carbocycles. The molecule has 102 valence electrons. The molecule has 0 radical (unpaired) electrons. The second kappa shape index (κ2) is 6.52. The van der Waals surface area contributed by atoms with Crippen LogP contribution < -0.4 is 0 Å². The third-order valence-corrected chi connectivity index (χ3v) is 2.57. The maximum absolute atomic E-state index is 11.6. The molecular weight excluding hydrogens is 312 g/mol. The van der Waals surface area contributed by atoms with E-state index in [1.54, 1.807) is 44.2 Å². The molecule has 5 heteroatoms. The highest BCUT2D eigenvalue weighted by Crippen LogP contribution is 2.17. The topological polar surface area (TPSA) is 52.6 Å². The largest absolute Gasteiger partial charge is 0.427 e. The number of benzene rings is 1. The predicted molar refractivity (Wildman–Crippen MR) is 75.9 cm³/mol. The minimum atomic E-state index is -0.801. The first-order valence-electron chi connectivity index (χ1n) is 5.60. The van der Waals surface area contributed by atoms with E-state index in [-0.39, 0.29) is 0 Å². The Bertz CT molecular complexity index is 471. The van der Waals surface area contributed by atoms with E-state index >= 15 is 0 Å². The zero-order valence-electron chi connectivity index (χ0n) is 10.8. The number of ether oxygens (including phenoxy) is 2. The first kappa shape index (κ1) is 15.4. The van der Waals surface area contributed by atoms with Crippen LogP contribution in [0.3, 0.4) is 0 Å². The fraction of sp³-hybridized carbons (Fsp3) is 0.286. The molecule has 0 saturated carbocycles. The molecule has 4 nitrogen and oxygen atoms in total. The summed E-state index contributed by atoms with van der Waals surface area (Å²) in [6.45, 7) is 6.50. The van der Waals surface area contributed by atoms with Crippen molar-refractivity contribution in [1.82, 2.24) is 0 Å². The van der Waals surface area contributed by atoms with E-state index in [1.165, 1.54) is 0 Å². The van der Waals surface area contributed by atoms with Gasteiger partial charge in [-0.25, -0.2) is 4.79 Å². The van der Waals surface area contributed by atoms with E-state index in [1.807, 2.05) is 0 Å². The number of alkyl halides is 1. The van der Waals surface area contributed by atoms with Crippen LogP contribution in [0.1, 0.15) is 29.8 Å². The predicted octanol–water partition coefficient (Wildman–Crippen LogP) is 3.16. The van der Waals surface area contributed by atoms with Crippen molar-refractivity contribution in [1.29, 1.82) is 0 Å². The average molecular weight is 327 g/mol. The van der Waals surface area contributed by atoms with Gasteiger partial charge >= 0.3 is 11.9 Å². The fourth-order valence-corrected chi connectivity index (χ4v) is 1.26. The highest BCUT2D eigenvalue weighted by atomic mass is 79.9. The van der Waals surface area contributed by atoms with Crippen LogP contribution in [0.15, 0.2) is 30.8 Å². The third-order valence-electron chi connectivity index (χ3n) is 2.25. The van der Waals surface area contributed by atoms with Crippen molar-refractivity contribution in [3.63, 3.8) is 0 Å². The number of carbonyl (C=O) groups excluding carboxylic acids is 2. The number of hydrogen-bond acceptors (Lipinski definition) is 4. The van der Waals surface area contributed by atoms with Crippen LogP contribution in [0.2, 0.25) is 0 Å². The first-order valence-corrected chi connectivity index (χ1v) is 6.39. The summed E-state index contributed by atoms with van der Waals surface area (Å²) in [6, 6.07) is 6.74. The number of halogens is 1. The Morgan fingerprint density at radius 1 is 1.26 bits per heavy atom. The van der Waals surface area contributed by atoms with Crippen molar-refractivity contribution in [2.45, 2.75) is 18.2 Å². The summed E-state index contributed by atoms with van der Waals surface area (Å²) in [5.74, 6) is -1.04. The molecule has 1 rings (SSSR count). The number of carbonyl (C=O) groups is 2. The van der Waals surface area contributed by atoms with Gasteiger partial charge in [-0.3, -0.25) is 4.79 Å². The van der Waals surface area contributed by atoms with E-state index in [0.717, 1.165) is 5.56 Å². The van der Waals surface area contributed by atoms with Crippen molar-refractivity contribution >= 4 is 33.9 Å². The summed E-state index contributed by atoms with van der Waals surface area (Å²) < 4.78 is 8.84. The second-order valence-corrected chi connectivity index (χ2v) is 6.26. The number of hydrogen-bond donors (Lipinski definition) is 0. The summed E-state index contributed by atoms with van der Waals surface area (Å²) in [4.78, 5) is 23.0. The third kappa shape index (κ3) is 4.87. The Morgan fingerprint density at radius 3 is 2.32 bits per heavy atom. The minimum absolute atomic E-state index is 0.389. The lowest BCUT2D eigenvalue weighted by Crippen LogP contribution is -2.28. The van der Waals surface area contributed by atoms with Crippen LogP contribution >= 0.6 is 15.9 Å². The summed E-state index contributed by atoms with van der Waals surface area (Å²) in [5, 5.41) is 0. The SMILES string of the molecule is C=Cc1ccc(C(=O)OCOC(=O)C(C)(C)Br)cc1. The Hall–Kier alpha value is -1.62. The maximum Gasteiger partial charge on any atom is 0.340 e. The molecular formula is C14H15BrO4. The molecule has 0 bridgehead atoms. The molecule has 1 aromatic rings. The van der Waals surface area contributed by atoms with Gasteiger partial charge in [0.25, 0.3) is 0 Å². The molecule has 0 saturated heterocycles. The molecule has 0 fully saturated rings. The minimum Gasteiger partial charge on any atom is -0.427 e. The smallest absolute Gasteiger partial charge is 0.340 e. The van der Waals surface area contributed by atoms with Gasteiger partial charge in [-0.2, -0.15) is 0 Å². The van der Waals surface area contributed by atoms with Gasteiger partial charge in [0.2, 0.25) is 6.79 Å². The van der Waals surface area contributed by atoms with Crippen LogP contribution in [0, 0.1) is 0 Å². The Balaban J connectivity index is 2.47. The van der Waals surface area contributed by atoms with Gasteiger partial charge in [-0.05, 0) is 31.5 Å². The lowest BCUT2D eigenvalue weighted by Gasteiger charge is -2.14. The van der Waals surface area contributed by atoms with Crippen molar-refractivity contribution in [2.24, 2.45) is 0 Å². The standard InChI is InChI=1S/C14H15BrO4/c1-4-10-5-7-11(8-6-10)12(16)18-9-19-13(17)14(2,3)15/h4-8H,1,9H2,2-3H3. The van der Waals surface area contributed by atoms with E-state index in [4.69, 9.17) is 9.47 Å². The molecule has 0 amide bonds. The van der Waals surface area contributed by atoms with Gasteiger partial charge in [-0.15, -0.1) is 0 Å². The molecule has 1 aromatic carbocycles. The lowest BCUT2D eigenvalue weighted by atomic mass is 10.1.